The van der Waals surface area contributed by atoms with Gasteiger partial charge in [-0.2, -0.15) is 0 Å². The van der Waals surface area contributed by atoms with Gasteiger partial charge in [-0.15, -0.1) is 0 Å². The first-order valence-electron chi connectivity index (χ1n) is 7.70. The van der Waals surface area contributed by atoms with Crippen LogP contribution in [-0.4, -0.2) is 31.6 Å². The van der Waals surface area contributed by atoms with E-state index < -0.39 is 0 Å². The first kappa shape index (κ1) is 13.6. The number of nitrogens with one attached hydrogen (secondary N) is 1. The van der Waals surface area contributed by atoms with E-state index in [1.54, 1.807) is 0 Å². The van der Waals surface area contributed by atoms with Crippen molar-refractivity contribution in [1.29, 1.82) is 0 Å². The van der Waals surface area contributed by atoms with Gasteiger partial charge < -0.3 is 5.32 Å². The smallest absolute Gasteiger partial charge is 0.0391 e. The molecule has 0 aliphatic carbocycles. The van der Waals surface area contributed by atoms with E-state index in [0.717, 1.165) is 13.1 Å². The van der Waals surface area contributed by atoms with Crippen LogP contribution >= 0.6 is 0 Å². The van der Waals surface area contributed by atoms with Gasteiger partial charge in [0, 0.05) is 6.04 Å². The van der Waals surface area contributed by atoms with Gasteiger partial charge in [-0.1, -0.05) is 49.4 Å². The highest BCUT2D eigenvalue weighted by Crippen LogP contribution is 2.38. The van der Waals surface area contributed by atoms with Gasteiger partial charge in [-0.25, -0.2) is 0 Å². The summed E-state index contributed by atoms with van der Waals surface area (Å²) in [5, 5.41) is 6.30. The van der Waals surface area contributed by atoms with Crippen LogP contribution in [0.15, 0.2) is 42.5 Å². The molecule has 20 heavy (non-hydrogen) atoms. The van der Waals surface area contributed by atoms with Gasteiger partial charge >= 0.3 is 0 Å². The van der Waals surface area contributed by atoms with Crippen LogP contribution in [0.25, 0.3) is 10.8 Å². The van der Waals surface area contributed by atoms with Crippen LogP contribution in [0.3, 0.4) is 0 Å². The molecule has 0 saturated carbocycles. The van der Waals surface area contributed by atoms with Crippen LogP contribution < -0.4 is 5.32 Å². The molecule has 0 radical (unpaired) electrons. The van der Waals surface area contributed by atoms with E-state index in [1.165, 1.54) is 29.3 Å². The van der Waals surface area contributed by atoms with Gasteiger partial charge in [0.25, 0.3) is 0 Å². The number of hydrogen-bond acceptors (Lipinski definition) is 2. The zero-order valence-electron chi connectivity index (χ0n) is 12.5. The van der Waals surface area contributed by atoms with Crippen LogP contribution in [0.2, 0.25) is 0 Å². The molecule has 2 heteroatoms. The number of fused-ring (bicyclic) bond motifs is 1. The molecule has 0 bridgehead atoms. The lowest BCUT2D eigenvalue weighted by Crippen LogP contribution is -2.28. The topological polar surface area (TPSA) is 15.3 Å². The largest absolute Gasteiger partial charge is 0.317 e. The van der Waals surface area contributed by atoms with Crippen LogP contribution in [0.1, 0.15) is 24.9 Å². The highest BCUT2D eigenvalue weighted by atomic mass is 15.2. The Kier molecular flexibility index (Phi) is 4.04. The summed E-state index contributed by atoms with van der Waals surface area (Å²) in [6.07, 6.45) is 1.29. The van der Waals surface area contributed by atoms with Crippen molar-refractivity contribution in [2.45, 2.75) is 19.4 Å². The molecule has 2 aromatic carbocycles. The number of likely N-dealkylation sites (tertiary alicyclic amines) is 1. The third kappa shape index (κ3) is 2.46. The second-order valence-corrected chi connectivity index (χ2v) is 5.85. The van der Waals surface area contributed by atoms with Gasteiger partial charge in [-0.3, -0.25) is 4.90 Å². The number of nitrogens with zero attached hydrogens (tertiary/aromatic N) is 1. The van der Waals surface area contributed by atoms with Gasteiger partial charge in [0.2, 0.25) is 0 Å². The Bertz CT molecular complexity index is 573. The molecule has 2 nitrogen and oxygen atoms in total. The Labute approximate surface area is 121 Å². The van der Waals surface area contributed by atoms with E-state index in [4.69, 9.17) is 0 Å². The molecule has 1 aliphatic rings. The summed E-state index contributed by atoms with van der Waals surface area (Å²) in [7, 11) is 2.26. The Morgan fingerprint density at radius 1 is 1.15 bits per heavy atom. The molecule has 1 fully saturated rings. The van der Waals surface area contributed by atoms with Crippen LogP contribution in [0.5, 0.6) is 0 Å². The minimum atomic E-state index is 0.542. The number of rotatable bonds is 4. The van der Waals surface area contributed by atoms with Crippen LogP contribution in [-0.2, 0) is 0 Å². The lowest BCUT2D eigenvalue weighted by atomic mass is 9.90. The van der Waals surface area contributed by atoms with Crippen molar-refractivity contribution in [1.82, 2.24) is 10.2 Å². The summed E-state index contributed by atoms with van der Waals surface area (Å²) >= 11 is 0. The van der Waals surface area contributed by atoms with Gasteiger partial charge in [0.15, 0.2) is 0 Å². The SMILES string of the molecule is CCNCC1CCN(C)C1c1cccc2ccccc12. The summed E-state index contributed by atoms with van der Waals surface area (Å²) in [5.41, 5.74) is 1.49. The Balaban J connectivity index is 1.99. The van der Waals surface area contributed by atoms with E-state index in [9.17, 15) is 0 Å². The molecule has 1 heterocycles. The van der Waals surface area contributed by atoms with E-state index >= 15 is 0 Å². The molecular formula is C18H24N2. The maximum atomic E-state index is 3.53. The van der Waals surface area contributed by atoms with Crippen LogP contribution in [0.4, 0.5) is 0 Å². The molecule has 1 saturated heterocycles. The van der Waals surface area contributed by atoms with Crippen molar-refractivity contribution in [3.8, 4) is 0 Å². The molecule has 2 aromatic rings. The van der Waals surface area contributed by atoms with Crippen molar-refractivity contribution in [2.24, 2.45) is 5.92 Å². The third-order valence-corrected chi connectivity index (χ3v) is 4.57. The normalized spacial score (nSPS) is 23.5. The monoisotopic (exact) mass is 268 g/mol. The molecule has 0 aromatic heterocycles. The third-order valence-electron chi connectivity index (χ3n) is 4.57. The van der Waals surface area contributed by atoms with Crippen molar-refractivity contribution in [3.63, 3.8) is 0 Å². The molecule has 2 unspecified atom stereocenters. The first-order valence-corrected chi connectivity index (χ1v) is 7.70. The van der Waals surface area contributed by atoms with Crippen molar-refractivity contribution >= 4 is 10.8 Å². The standard InChI is InChI=1S/C18H24N2/c1-3-19-13-15-11-12-20(2)18(15)17-10-6-8-14-7-4-5-9-16(14)17/h4-10,15,18-19H,3,11-13H2,1-2H3. The fourth-order valence-electron chi connectivity index (χ4n) is 3.57. The fourth-order valence-corrected chi connectivity index (χ4v) is 3.57. The molecule has 3 rings (SSSR count). The first-order chi connectivity index (χ1) is 9.81. The Morgan fingerprint density at radius 2 is 1.95 bits per heavy atom. The lowest BCUT2D eigenvalue weighted by molar-refractivity contribution is 0.274. The van der Waals surface area contributed by atoms with Gasteiger partial charge in [0.1, 0.15) is 0 Å². The van der Waals surface area contributed by atoms with Crippen molar-refractivity contribution < 1.29 is 0 Å². The highest BCUT2D eigenvalue weighted by molar-refractivity contribution is 5.86. The van der Waals surface area contributed by atoms with Crippen LogP contribution in [0, 0.1) is 5.92 Å². The van der Waals surface area contributed by atoms with Gasteiger partial charge in [-0.05, 0) is 55.4 Å². The van der Waals surface area contributed by atoms with Crippen molar-refractivity contribution in [2.75, 3.05) is 26.7 Å². The average Bonchev–Trinajstić information content (AvgIpc) is 2.85. The minimum absolute atomic E-state index is 0.542. The molecule has 2 atom stereocenters. The average molecular weight is 268 g/mol. The molecule has 0 spiro atoms. The lowest BCUT2D eigenvalue weighted by Gasteiger charge is -2.27. The number of benzene rings is 2. The molecule has 1 N–H and O–H groups in total. The van der Waals surface area contributed by atoms with E-state index in [-0.39, 0.29) is 0 Å². The second kappa shape index (κ2) is 5.94. The zero-order valence-corrected chi connectivity index (χ0v) is 12.5. The zero-order chi connectivity index (χ0) is 13.9. The summed E-state index contributed by atoms with van der Waals surface area (Å²) in [6, 6.07) is 16.0. The predicted molar refractivity (Wildman–Crippen MR) is 86.0 cm³/mol. The molecular weight excluding hydrogens is 244 g/mol. The minimum Gasteiger partial charge on any atom is -0.317 e. The fraction of sp³-hybridized carbons (Fsp3) is 0.444. The molecule has 1 aliphatic heterocycles. The van der Waals surface area contributed by atoms with Crippen molar-refractivity contribution in [3.05, 3.63) is 48.0 Å². The summed E-state index contributed by atoms with van der Waals surface area (Å²) in [5.74, 6) is 0.714. The van der Waals surface area contributed by atoms with E-state index in [1.807, 2.05) is 0 Å². The molecule has 0 amide bonds. The molecule has 106 valence electrons. The predicted octanol–water partition coefficient (Wildman–Crippen LogP) is 3.44. The quantitative estimate of drug-likeness (QED) is 0.913. The van der Waals surface area contributed by atoms with E-state index in [2.05, 4.69) is 66.7 Å². The second-order valence-electron chi connectivity index (χ2n) is 5.85. The Morgan fingerprint density at radius 3 is 2.80 bits per heavy atom. The number of hydrogen-bond donors (Lipinski definition) is 1. The van der Waals surface area contributed by atoms with E-state index in [0.29, 0.717) is 12.0 Å². The Hall–Kier alpha value is -1.38. The summed E-state index contributed by atoms with van der Waals surface area (Å²) < 4.78 is 0. The maximum Gasteiger partial charge on any atom is 0.0391 e. The van der Waals surface area contributed by atoms with Gasteiger partial charge in [0.05, 0.1) is 0 Å². The maximum absolute atomic E-state index is 3.53. The summed E-state index contributed by atoms with van der Waals surface area (Å²) in [4.78, 5) is 2.52. The highest BCUT2D eigenvalue weighted by Gasteiger charge is 2.33. The summed E-state index contributed by atoms with van der Waals surface area (Å²) in [6.45, 7) is 5.56.